The first-order chi connectivity index (χ1) is 6.04. The lowest BCUT2D eigenvalue weighted by Gasteiger charge is -1.96. The molecule has 0 spiro atoms. The average molecular weight is 189 g/mol. The Morgan fingerprint density at radius 3 is 2.15 bits per heavy atom. The minimum absolute atomic E-state index is 0.182. The monoisotopic (exact) mass is 189 g/mol. The lowest BCUT2D eigenvalue weighted by atomic mass is 10.4. The lowest BCUT2D eigenvalue weighted by Crippen LogP contribution is -2.06. The summed E-state index contributed by atoms with van der Waals surface area (Å²) in [6, 6.07) is 0. The summed E-state index contributed by atoms with van der Waals surface area (Å²) >= 11 is 0. The van der Waals surface area contributed by atoms with Crippen molar-refractivity contribution in [1.82, 2.24) is 4.90 Å². The highest BCUT2D eigenvalue weighted by Crippen LogP contribution is 1.86. The Balaban J connectivity index is 0. The van der Waals surface area contributed by atoms with E-state index in [1.54, 1.807) is 14.1 Å². The number of rotatable bonds is 4. The van der Waals surface area contributed by atoms with Crippen LogP contribution in [0.25, 0.3) is 0 Å². The van der Waals surface area contributed by atoms with Crippen LogP contribution >= 0.6 is 0 Å². The first kappa shape index (κ1) is 14.5. The molecule has 0 saturated carbocycles. The topological polar surface area (TPSA) is 46.6 Å². The van der Waals surface area contributed by atoms with Gasteiger partial charge in [-0.25, -0.2) is 0 Å². The maximum Gasteiger partial charge on any atom is 0.302 e. The molecule has 0 aromatic rings. The quantitative estimate of drug-likeness (QED) is 0.377. The van der Waals surface area contributed by atoms with Crippen molar-refractivity contribution < 1.29 is 14.3 Å². The summed E-state index contributed by atoms with van der Waals surface area (Å²) in [5.41, 5.74) is 0. The van der Waals surface area contributed by atoms with Gasteiger partial charge in [-0.2, -0.15) is 0 Å². The number of carbonyl (C=O) groups is 2. The molecule has 0 fully saturated rings. The Kier molecular flexibility index (Phi) is 12.2. The van der Waals surface area contributed by atoms with Gasteiger partial charge >= 0.3 is 5.97 Å². The van der Waals surface area contributed by atoms with Crippen LogP contribution in [0.3, 0.4) is 0 Å². The third-order valence-electron chi connectivity index (χ3n) is 1.01. The van der Waals surface area contributed by atoms with Crippen molar-refractivity contribution in [2.24, 2.45) is 0 Å². The van der Waals surface area contributed by atoms with Crippen molar-refractivity contribution in [2.45, 2.75) is 26.7 Å². The molecular weight excluding hydrogens is 170 g/mol. The van der Waals surface area contributed by atoms with E-state index in [-0.39, 0.29) is 5.97 Å². The largest absolute Gasteiger partial charge is 0.466 e. The molecule has 4 nitrogen and oxygen atoms in total. The summed E-state index contributed by atoms with van der Waals surface area (Å²) in [7, 11) is 3.38. The molecule has 0 atom stereocenters. The number of hydrogen-bond donors (Lipinski definition) is 0. The number of carbonyl (C=O) groups excluding carboxylic acids is 2. The maximum atomic E-state index is 10.1. The van der Waals surface area contributed by atoms with Crippen molar-refractivity contribution >= 4 is 12.4 Å². The molecule has 0 aromatic heterocycles. The number of hydrogen-bond acceptors (Lipinski definition) is 3. The number of unbranched alkanes of at least 4 members (excludes halogenated alkanes) is 1. The number of ether oxygens (including phenoxy) is 1. The van der Waals surface area contributed by atoms with Crippen LogP contribution in [0.5, 0.6) is 0 Å². The van der Waals surface area contributed by atoms with Gasteiger partial charge in [-0.05, 0) is 6.42 Å². The van der Waals surface area contributed by atoms with Gasteiger partial charge in [0.15, 0.2) is 0 Å². The molecule has 0 aliphatic rings. The van der Waals surface area contributed by atoms with Crippen LogP contribution in [0.15, 0.2) is 0 Å². The van der Waals surface area contributed by atoms with Gasteiger partial charge in [0.05, 0.1) is 6.61 Å². The molecule has 0 N–H and O–H groups in total. The summed E-state index contributed by atoms with van der Waals surface area (Å²) in [5, 5.41) is 0. The van der Waals surface area contributed by atoms with Crippen molar-refractivity contribution in [1.29, 1.82) is 0 Å². The Labute approximate surface area is 79.9 Å². The normalized spacial score (nSPS) is 8.00. The van der Waals surface area contributed by atoms with Crippen LogP contribution in [0, 0.1) is 0 Å². The Morgan fingerprint density at radius 1 is 1.46 bits per heavy atom. The highest BCUT2D eigenvalue weighted by Gasteiger charge is 1.88. The van der Waals surface area contributed by atoms with Crippen LogP contribution in [0.2, 0.25) is 0 Å². The molecule has 0 heterocycles. The van der Waals surface area contributed by atoms with Gasteiger partial charge in [0.2, 0.25) is 6.41 Å². The van der Waals surface area contributed by atoms with Crippen LogP contribution in [0.1, 0.15) is 26.7 Å². The zero-order valence-corrected chi connectivity index (χ0v) is 8.87. The second-order valence-electron chi connectivity index (χ2n) is 2.76. The van der Waals surface area contributed by atoms with E-state index in [0.717, 1.165) is 19.3 Å². The lowest BCUT2D eigenvalue weighted by molar-refractivity contribution is -0.141. The van der Waals surface area contributed by atoms with Crippen LogP contribution in [-0.2, 0) is 14.3 Å². The third-order valence-corrected chi connectivity index (χ3v) is 1.01. The van der Waals surface area contributed by atoms with E-state index >= 15 is 0 Å². The minimum Gasteiger partial charge on any atom is -0.466 e. The molecular formula is C9H19NO3. The van der Waals surface area contributed by atoms with Crippen molar-refractivity contribution in [3.63, 3.8) is 0 Å². The van der Waals surface area contributed by atoms with Gasteiger partial charge in [0.1, 0.15) is 0 Å². The second-order valence-corrected chi connectivity index (χ2v) is 2.76. The highest BCUT2D eigenvalue weighted by molar-refractivity contribution is 5.65. The van der Waals surface area contributed by atoms with E-state index in [1.807, 2.05) is 0 Å². The first-order valence-electron chi connectivity index (χ1n) is 4.29. The van der Waals surface area contributed by atoms with E-state index in [0.29, 0.717) is 6.61 Å². The van der Waals surface area contributed by atoms with Gasteiger partial charge in [0, 0.05) is 21.0 Å². The van der Waals surface area contributed by atoms with Crippen molar-refractivity contribution in [3.8, 4) is 0 Å². The first-order valence-corrected chi connectivity index (χ1v) is 4.29. The van der Waals surface area contributed by atoms with Gasteiger partial charge in [-0.1, -0.05) is 13.3 Å². The Morgan fingerprint density at radius 2 is 1.92 bits per heavy atom. The molecule has 4 heteroatoms. The van der Waals surface area contributed by atoms with Crippen molar-refractivity contribution in [2.75, 3.05) is 20.7 Å². The molecule has 0 aliphatic carbocycles. The predicted molar refractivity (Wildman–Crippen MR) is 51.3 cm³/mol. The molecule has 0 aliphatic heterocycles. The fourth-order valence-electron chi connectivity index (χ4n) is 0.360. The Bertz CT molecular complexity index is 135. The summed E-state index contributed by atoms with van der Waals surface area (Å²) < 4.78 is 4.64. The molecule has 0 saturated heterocycles. The van der Waals surface area contributed by atoms with Gasteiger partial charge in [-0.3, -0.25) is 9.59 Å². The predicted octanol–water partition coefficient (Wildman–Crippen LogP) is 1.05. The van der Waals surface area contributed by atoms with E-state index in [9.17, 15) is 9.59 Å². The Hall–Kier alpha value is -1.06. The summed E-state index contributed by atoms with van der Waals surface area (Å²) in [4.78, 5) is 21.0. The molecule has 78 valence electrons. The SMILES string of the molecule is CCCCOC(C)=O.CN(C)C=O. The van der Waals surface area contributed by atoms with Gasteiger partial charge in [0.25, 0.3) is 0 Å². The van der Waals surface area contributed by atoms with Crippen molar-refractivity contribution in [3.05, 3.63) is 0 Å². The average Bonchev–Trinajstić information content (AvgIpc) is 2.05. The molecule has 0 radical (unpaired) electrons. The zero-order valence-electron chi connectivity index (χ0n) is 8.87. The standard InChI is InChI=1S/C6H12O2.C3H7NO/c1-3-4-5-8-6(2)7;1-4(2)3-5/h3-5H2,1-2H3;3H,1-2H3. The molecule has 0 aromatic carbocycles. The summed E-state index contributed by atoms with van der Waals surface area (Å²) in [6.07, 6.45) is 2.80. The number of amides is 1. The minimum atomic E-state index is -0.182. The maximum absolute atomic E-state index is 10.1. The molecule has 1 amide bonds. The third kappa shape index (κ3) is 24.8. The van der Waals surface area contributed by atoms with Crippen LogP contribution in [0.4, 0.5) is 0 Å². The number of esters is 1. The molecule has 13 heavy (non-hydrogen) atoms. The smallest absolute Gasteiger partial charge is 0.302 e. The zero-order chi connectivity index (χ0) is 10.7. The number of nitrogens with zero attached hydrogens (tertiary/aromatic N) is 1. The summed E-state index contributed by atoms with van der Waals surface area (Å²) in [5.74, 6) is -0.182. The van der Waals surface area contributed by atoms with Gasteiger partial charge in [-0.15, -0.1) is 0 Å². The highest BCUT2D eigenvalue weighted by atomic mass is 16.5. The van der Waals surface area contributed by atoms with E-state index in [1.165, 1.54) is 11.8 Å². The van der Waals surface area contributed by atoms with Gasteiger partial charge < -0.3 is 9.64 Å². The second kappa shape index (κ2) is 10.9. The van der Waals surface area contributed by atoms with E-state index < -0.39 is 0 Å². The van der Waals surface area contributed by atoms with E-state index in [2.05, 4.69) is 11.7 Å². The fourth-order valence-corrected chi connectivity index (χ4v) is 0.360. The molecule has 0 bridgehead atoms. The van der Waals surface area contributed by atoms with E-state index in [4.69, 9.17) is 0 Å². The molecule has 0 rings (SSSR count). The molecule has 0 unspecified atom stereocenters. The fraction of sp³-hybridized carbons (Fsp3) is 0.778. The summed E-state index contributed by atoms with van der Waals surface area (Å²) in [6.45, 7) is 4.06. The van der Waals surface area contributed by atoms with Crippen LogP contribution in [-0.4, -0.2) is 38.0 Å². The van der Waals surface area contributed by atoms with Crippen LogP contribution < -0.4 is 0 Å².